The molecule has 0 aromatic carbocycles. The number of aliphatic hydroxyl groups is 2. The molecule has 0 radical (unpaired) electrons. The third-order valence-corrected chi connectivity index (χ3v) is 15.3. The van der Waals surface area contributed by atoms with Gasteiger partial charge in [0.2, 0.25) is 5.91 Å². The summed E-state index contributed by atoms with van der Waals surface area (Å²) in [5.41, 5.74) is 0. The van der Waals surface area contributed by atoms with Gasteiger partial charge in [-0.15, -0.1) is 0 Å². The molecule has 6 heteroatoms. The van der Waals surface area contributed by atoms with Gasteiger partial charge in [-0.25, -0.2) is 0 Å². The van der Waals surface area contributed by atoms with Gasteiger partial charge in [-0.3, -0.25) is 9.59 Å². The summed E-state index contributed by atoms with van der Waals surface area (Å²) in [6.45, 7) is 4.96. The van der Waals surface area contributed by atoms with E-state index in [0.717, 1.165) is 44.9 Å². The zero-order valence-electron chi connectivity index (χ0n) is 48.2. The summed E-state index contributed by atoms with van der Waals surface area (Å²) in [7, 11) is 0. The Morgan fingerprint density at radius 2 is 0.662 bits per heavy atom. The quantitative estimate of drug-likeness (QED) is 0.0320. The van der Waals surface area contributed by atoms with Crippen molar-refractivity contribution in [2.24, 2.45) is 0 Å². The number of aliphatic hydroxyl groups excluding tert-OH is 2. The molecule has 2 unspecified atom stereocenters. The van der Waals surface area contributed by atoms with Gasteiger partial charge in [0.25, 0.3) is 0 Å². The Kier molecular flexibility index (Phi) is 59.9. The van der Waals surface area contributed by atoms with E-state index in [1.165, 1.54) is 289 Å². The molecule has 0 bridgehead atoms. The van der Waals surface area contributed by atoms with Crippen molar-refractivity contribution >= 4 is 11.9 Å². The van der Waals surface area contributed by atoms with Crippen LogP contribution in [0.5, 0.6) is 0 Å². The number of esters is 1. The smallest absolute Gasteiger partial charge is 0.305 e. The van der Waals surface area contributed by atoms with Crippen molar-refractivity contribution < 1.29 is 24.5 Å². The number of hydrogen-bond acceptors (Lipinski definition) is 5. The third-order valence-electron chi connectivity index (χ3n) is 15.3. The average Bonchev–Trinajstić information content (AvgIpc) is 3.37. The molecule has 71 heavy (non-hydrogen) atoms. The van der Waals surface area contributed by atoms with Crippen molar-refractivity contribution in [3.05, 3.63) is 12.2 Å². The molecule has 0 aromatic heterocycles. The second kappa shape index (κ2) is 61.1. The number of amides is 1. The van der Waals surface area contributed by atoms with Crippen LogP contribution in [-0.4, -0.2) is 47.4 Å². The molecule has 0 aliphatic carbocycles. The van der Waals surface area contributed by atoms with Crippen LogP contribution >= 0.6 is 0 Å². The van der Waals surface area contributed by atoms with Gasteiger partial charge in [0.05, 0.1) is 25.4 Å². The lowest BCUT2D eigenvalue weighted by Gasteiger charge is -2.22. The van der Waals surface area contributed by atoms with Crippen LogP contribution in [0.3, 0.4) is 0 Å². The van der Waals surface area contributed by atoms with Gasteiger partial charge < -0.3 is 20.3 Å². The summed E-state index contributed by atoms with van der Waals surface area (Å²) in [4.78, 5) is 24.5. The first-order valence-electron chi connectivity index (χ1n) is 32.4. The van der Waals surface area contributed by atoms with Crippen molar-refractivity contribution in [3.63, 3.8) is 0 Å². The van der Waals surface area contributed by atoms with E-state index in [1.54, 1.807) is 0 Å². The van der Waals surface area contributed by atoms with E-state index in [9.17, 15) is 19.8 Å². The molecule has 0 aromatic rings. The summed E-state index contributed by atoms with van der Waals surface area (Å²) in [6, 6.07) is -0.537. The molecule has 0 rings (SSSR count). The maximum atomic E-state index is 12.5. The molecule has 0 fully saturated rings. The highest BCUT2D eigenvalue weighted by Gasteiger charge is 2.20. The van der Waals surface area contributed by atoms with Gasteiger partial charge in [-0.2, -0.15) is 0 Å². The van der Waals surface area contributed by atoms with E-state index >= 15 is 0 Å². The molecule has 0 heterocycles. The highest BCUT2D eigenvalue weighted by molar-refractivity contribution is 5.76. The first-order valence-corrected chi connectivity index (χ1v) is 32.4. The SMILES string of the molecule is CCCCCCCC/C=C\CCCCCCCC(=O)OCCCCCCCCCCCCCCCCCCCCCCCCCCCCCCC(=O)NC(CO)C(O)CCCCCCCCCCCCC. The molecule has 1 amide bonds. The molecular formula is C65H127NO5. The van der Waals surface area contributed by atoms with Crippen molar-refractivity contribution in [2.45, 2.75) is 379 Å². The van der Waals surface area contributed by atoms with Crippen LogP contribution < -0.4 is 5.32 Å². The van der Waals surface area contributed by atoms with Gasteiger partial charge in [0.1, 0.15) is 0 Å². The maximum absolute atomic E-state index is 12.5. The van der Waals surface area contributed by atoms with Crippen molar-refractivity contribution in [2.75, 3.05) is 13.2 Å². The monoisotopic (exact) mass is 1000 g/mol. The van der Waals surface area contributed by atoms with E-state index in [1.807, 2.05) is 0 Å². The second-order valence-electron chi connectivity index (χ2n) is 22.5. The Hall–Kier alpha value is -1.40. The number of carbonyl (C=O) groups excluding carboxylic acids is 2. The molecule has 3 N–H and O–H groups in total. The fourth-order valence-electron chi connectivity index (χ4n) is 10.3. The molecule has 6 nitrogen and oxygen atoms in total. The maximum Gasteiger partial charge on any atom is 0.305 e. The molecular weight excluding hydrogens is 875 g/mol. The third kappa shape index (κ3) is 57.7. The molecule has 0 aliphatic rings. The molecule has 0 aliphatic heterocycles. The zero-order valence-corrected chi connectivity index (χ0v) is 48.2. The van der Waals surface area contributed by atoms with Crippen LogP contribution in [-0.2, 0) is 14.3 Å². The normalized spacial score (nSPS) is 12.6. The fraction of sp³-hybridized carbons (Fsp3) is 0.938. The first kappa shape index (κ1) is 69.6. The average molecular weight is 1000 g/mol. The fourth-order valence-corrected chi connectivity index (χ4v) is 10.3. The van der Waals surface area contributed by atoms with E-state index in [-0.39, 0.29) is 18.5 Å². The van der Waals surface area contributed by atoms with E-state index in [4.69, 9.17) is 4.74 Å². The molecule has 422 valence electrons. The summed E-state index contributed by atoms with van der Waals surface area (Å²) in [5, 5.41) is 23.2. The number of ether oxygens (including phenoxy) is 1. The Labute approximate surface area is 444 Å². The van der Waals surface area contributed by atoms with Crippen LogP contribution in [0.25, 0.3) is 0 Å². The largest absolute Gasteiger partial charge is 0.466 e. The van der Waals surface area contributed by atoms with Gasteiger partial charge >= 0.3 is 5.97 Å². The lowest BCUT2D eigenvalue weighted by Crippen LogP contribution is -2.45. The summed E-state index contributed by atoms with van der Waals surface area (Å²) in [5.74, 6) is -0.0196. The van der Waals surface area contributed by atoms with Gasteiger partial charge in [-0.05, 0) is 51.4 Å². The number of allylic oxidation sites excluding steroid dienone is 2. The predicted molar refractivity (Wildman–Crippen MR) is 310 cm³/mol. The minimum Gasteiger partial charge on any atom is -0.466 e. The van der Waals surface area contributed by atoms with Crippen LogP contribution in [0.4, 0.5) is 0 Å². The second-order valence-corrected chi connectivity index (χ2v) is 22.5. The van der Waals surface area contributed by atoms with Gasteiger partial charge in [-0.1, -0.05) is 315 Å². The summed E-state index contributed by atoms with van der Waals surface area (Å²) < 4.78 is 5.49. The van der Waals surface area contributed by atoms with Gasteiger partial charge in [0.15, 0.2) is 0 Å². The lowest BCUT2D eigenvalue weighted by molar-refractivity contribution is -0.143. The van der Waals surface area contributed by atoms with E-state index < -0.39 is 12.1 Å². The lowest BCUT2D eigenvalue weighted by atomic mass is 10.0. The van der Waals surface area contributed by atoms with Crippen LogP contribution in [0.2, 0.25) is 0 Å². The topological polar surface area (TPSA) is 95.9 Å². The molecule has 2 atom stereocenters. The number of nitrogens with one attached hydrogen (secondary N) is 1. The predicted octanol–water partition coefficient (Wildman–Crippen LogP) is 20.4. The molecule has 0 saturated carbocycles. The number of rotatable bonds is 61. The van der Waals surface area contributed by atoms with Crippen LogP contribution in [0.15, 0.2) is 12.2 Å². The highest BCUT2D eigenvalue weighted by Crippen LogP contribution is 2.18. The Balaban J connectivity index is 3.31. The first-order chi connectivity index (χ1) is 35.0. The summed E-state index contributed by atoms with van der Waals surface area (Å²) >= 11 is 0. The van der Waals surface area contributed by atoms with Crippen molar-refractivity contribution in [1.82, 2.24) is 5.32 Å². The standard InChI is InChI=1S/C65H127NO5/c1-3-5-7-9-11-13-15-16-31-35-39-43-47-51-55-59-65(70)71-60-56-52-48-44-40-36-33-30-28-26-24-22-20-18-17-19-21-23-25-27-29-32-34-38-42-46-50-54-58-64(69)66-62(61-67)63(68)57-53-49-45-41-37-14-12-10-8-6-4-2/h16,31,62-63,67-68H,3-15,17-30,32-61H2,1-2H3,(H,66,69)/b31-16-. The van der Waals surface area contributed by atoms with Crippen LogP contribution in [0.1, 0.15) is 367 Å². The molecule has 0 saturated heterocycles. The summed E-state index contributed by atoms with van der Waals surface area (Å²) in [6.07, 6.45) is 73.9. The van der Waals surface area contributed by atoms with E-state index in [2.05, 4.69) is 31.3 Å². The number of hydrogen-bond donors (Lipinski definition) is 3. The van der Waals surface area contributed by atoms with Gasteiger partial charge in [0, 0.05) is 12.8 Å². The van der Waals surface area contributed by atoms with Crippen LogP contribution in [0, 0.1) is 0 Å². The highest BCUT2D eigenvalue weighted by atomic mass is 16.5. The number of carbonyl (C=O) groups is 2. The van der Waals surface area contributed by atoms with Crippen molar-refractivity contribution in [3.8, 4) is 0 Å². The van der Waals surface area contributed by atoms with E-state index in [0.29, 0.717) is 25.9 Å². The zero-order chi connectivity index (χ0) is 51.4. The Morgan fingerprint density at radius 1 is 0.380 bits per heavy atom. The minimum atomic E-state index is -0.660. The Bertz CT molecular complexity index is 1060. The van der Waals surface area contributed by atoms with Crippen molar-refractivity contribution in [1.29, 1.82) is 0 Å². The Morgan fingerprint density at radius 3 is 1.00 bits per heavy atom. The number of unbranched alkanes of at least 4 members (excludes halogenated alkanes) is 48. The molecule has 0 spiro atoms. The minimum absolute atomic E-state index is 0.0114.